The van der Waals surface area contributed by atoms with Gasteiger partial charge in [0, 0.05) is 36.8 Å². The van der Waals surface area contributed by atoms with Crippen LogP contribution in [0.15, 0.2) is 54.2 Å². The van der Waals surface area contributed by atoms with Gasteiger partial charge in [-0.2, -0.15) is 5.10 Å². The third kappa shape index (κ3) is 4.27. The number of hydrogen-bond donors (Lipinski definition) is 1. The molecule has 3 rings (SSSR count). The Morgan fingerprint density at radius 2 is 2.00 bits per heavy atom. The molecule has 0 bridgehead atoms. The number of thiazole rings is 1. The van der Waals surface area contributed by atoms with Crippen molar-refractivity contribution in [3.63, 3.8) is 0 Å². The van der Waals surface area contributed by atoms with Gasteiger partial charge in [-0.25, -0.2) is 4.98 Å². The van der Waals surface area contributed by atoms with Crippen molar-refractivity contribution in [2.24, 2.45) is 0 Å². The summed E-state index contributed by atoms with van der Waals surface area (Å²) in [6.07, 6.45) is 4.73. The van der Waals surface area contributed by atoms with Gasteiger partial charge in [-0.15, -0.1) is 11.3 Å². The molecule has 1 aromatic carbocycles. The van der Waals surface area contributed by atoms with Crippen molar-refractivity contribution in [1.82, 2.24) is 20.1 Å². The van der Waals surface area contributed by atoms with Gasteiger partial charge in [0.1, 0.15) is 0 Å². The molecule has 0 aliphatic heterocycles. The quantitative estimate of drug-likeness (QED) is 0.720. The summed E-state index contributed by atoms with van der Waals surface area (Å²) in [5, 5.41) is 11.2. The Bertz CT molecular complexity index is 706. The van der Waals surface area contributed by atoms with Crippen molar-refractivity contribution >= 4 is 11.3 Å². The van der Waals surface area contributed by atoms with Gasteiger partial charge >= 0.3 is 0 Å². The van der Waals surface area contributed by atoms with Crippen LogP contribution in [0.5, 0.6) is 0 Å². The molecule has 0 aliphatic rings. The van der Waals surface area contributed by atoms with Crippen LogP contribution in [0.25, 0.3) is 0 Å². The molecule has 3 aromatic rings. The average Bonchev–Trinajstić information content (AvgIpc) is 3.25. The standard InChI is InChI=1S/C18H22N4S/c1-14(15(2)22-10-6-9-20-22)19-12-17-13-23-18(21-17)11-16-7-4-3-5-8-16/h3-10,13-15,19H,11-12H2,1-2H3/t14-,15+/m1/s1. The molecule has 0 saturated carbocycles. The monoisotopic (exact) mass is 326 g/mol. The van der Waals surface area contributed by atoms with E-state index in [1.165, 1.54) is 10.6 Å². The fourth-order valence-corrected chi connectivity index (χ4v) is 3.30. The second-order valence-electron chi connectivity index (χ2n) is 5.79. The van der Waals surface area contributed by atoms with E-state index in [9.17, 15) is 0 Å². The maximum atomic E-state index is 4.73. The minimum atomic E-state index is 0.312. The summed E-state index contributed by atoms with van der Waals surface area (Å²) in [5.41, 5.74) is 2.42. The first-order valence-electron chi connectivity index (χ1n) is 7.92. The first-order valence-corrected chi connectivity index (χ1v) is 8.80. The van der Waals surface area contributed by atoms with Gasteiger partial charge in [0.2, 0.25) is 0 Å². The van der Waals surface area contributed by atoms with E-state index in [1.54, 1.807) is 11.3 Å². The Morgan fingerprint density at radius 1 is 1.17 bits per heavy atom. The highest BCUT2D eigenvalue weighted by Gasteiger charge is 2.14. The molecule has 5 heteroatoms. The molecule has 0 unspecified atom stereocenters. The van der Waals surface area contributed by atoms with Crippen molar-refractivity contribution < 1.29 is 0 Å². The molecule has 2 aromatic heterocycles. The maximum absolute atomic E-state index is 4.73. The highest BCUT2D eigenvalue weighted by atomic mass is 32.1. The fourth-order valence-electron chi connectivity index (χ4n) is 2.47. The lowest BCUT2D eigenvalue weighted by molar-refractivity contribution is 0.364. The molecule has 0 amide bonds. The summed E-state index contributed by atoms with van der Waals surface area (Å²) in [7, 11) is 0. The second kappa shape index (κ2) is 7.53. The highest BCUT2D eigenvalue weighted by molar-refractivity contribution is 7.09. The van der Waals surface area contributed by atoms with Crippen molar-refractivity contribution in [3.8, 4) is 0 Å². The van der Waals surface area contributed by atoms with E-state index in [2.05, 4.69) is 53.9 Å². The van der Waals surface area contributed by atoms with E-state index in [0.29, 0.717) is 12.1 Å². The van der Waals surface area contributed by atoms with Crippen LogP contribution in [-0.4, -0.2) is 20.8 Å². The lowest BCUT2D eigenvalue weighted by Gasteiger charge is -2.21. The van der Waals surface area contributed by atoms with E-state index in [-0.39, 0.29) is 0 Å². The van der Waals surface area contributed by atoms with E-state index in [4.69, 9.17) is 4.98 Å². The van der Waals surface area contributed by atoms with Crippen LogP contribution in [0, 0.1) is 0 Å². The number of rotatable bonds is 7. The maximum Gasteiger partial charge on any atom is 0.0972 e. The summed E-state index contributed by atoms with van der Waals surface area (Å²) in [6.45, 7) is 5.15. The molecular formula is C18H22N4S. The molecule has 0 radical (unpaired) electrons. The Hall–Kier alpha value is -1.98. The topological polar surface area (TPSA) is 42.7 Å². The van der Waals surface area contributed by atoms with Crippen LogP contribution >= 0.6 is 11.3 Å². The SMILES string of the molecule is C[C@@H](NCc1csc(Cc2ccccc2)n1)[C@H](C)n1cccn1. The van der Waals surface area contributed by atoms with Crippen LogP contribution in [0.2, 0.25) is 0 Å². The molecule has 4 nitrogen and oxygen atoms in total. The third-order valence-corrected chi connectivity index (χ3v) is 4.97. The van der Waals surface area contributed by atoms with Gasteiger partial charge in [-0.3, -0.25) is 4.68 Å². The summed E-state index contributed by atoms with van der Waals surface area (Å²) in [6, 6.07) is 13.1. The normalized spacial score (nSPS) is 13.8. The average molecular weight is 326 g/mol. The molecule has 1 N–H and O–H groups in total. The first kappa shape index (κ1) is 15.9. The molecule has 120 valence electrons. The lowest BCUT2D eigenvalue weighted by Crippen LogP contribution is -2.33. The summed E-state index contributed by atoms with van der Waals surface area (Å²) < 4.78 is 1.99. The van der Waals surface area contributed by atoms with Crippen molar-refractivity contribution in [2.75, 3.05) is 0 Å². The Kier molecular flexibility index (Phi) is 5.20. The number of hydrogen-bond acceptors (Lipinski definition) is 4. The van der Waals surface area contributed by atoms with Crippen LogP contribution in [-0.2, 0) is 13.0 Å². The van der Waals surface area contributed by atoms with Crippen LogP contribution < -0.4 is 5.32 Å². The number of nitrogens with one attached hydrogen (secondary N) is 1. The zero-order chi connectivity index (χ0) is 16.1. The molecule has 2 atom stereocenters. The van der Waals surface area contributed by atoms with Crippen molar-refractivity contribution in [1.29, 1.82) is 0 Å². The number of nitrogens with zero attached hydrogens (tertiary/aromatic N) is 3. The van der Waals surface area contributed by atoms with E-state index in [0.717, 1.165) is 18.7 Å². The minimum absolute atomic E-state index is 0.312. The molecule has 0 aliphatic carbocycles. The fraction of sp³-hybridized carbons (Fsp3) is 0.333. The van der Waals surface area contributed by atoms with E-state index in [1.807, 2.05) is 29.2 Å². The van der Waals surface area contributed by atoms with Gasteiger partial charge < -0.3 is 5.32 Å². The second-order valence-corrected chi connectivity index (χ2v) is 6.73. The molecule has 23 heavy (non-hydrogen) atoms. The van der Waals surface area contributed by atoms with Crippen molar-refractivity contribution in [2.45, 2.75) is 38.9 Å². The molecule has 0 spiro atoms. The van der Waals surface area contributed by atoms with Crippen LogP contribution in [0.4, 0.5) is 0 Å². The Labute approximate surface area is 141 Å². The highest BCUT2D eigenvalue weighted by Crippen LogP contribution is 2.15. The van der Waals surface area contributed by atoms with Gasteiger partial charge in [0.05, 0.1) is 16.7 Å². The Morgan fingerprint density at radius 3 is 2.74 bits per heavy atom. The number of aromatic nitrogens is 3. The summed E-state index contributed by atoms with van der Waals surface area (Å²) in [5.74, 6) is 0. The van der Waals surface area contributed by atoms with Gasteiger partial charge in [0.25, 0.3) is 0 Å². The van der Waals surface area contributed by atoms with Crippen molar-refractivity contribution in [3.05, 3.63) is 70.4 Å². The Balaban J connectivity index is 1.53. The van der Waals surface area contributed by atoms with E-state index >= 15 is 0 Å². The smallest absolute Gasteiger partial charge is 0.0972 e. The predicted molar refractivity (Wildman–Crippen MR) is 94.6 cm³/mol. The lowest BCUT2D eigenvalue weighted by atomic mass is 10.1. The predicted octanol–water partition coefficient (Wildman–Crippen LogP) is 3.67. The first-order chi connectivity index (χ1) is 11.2. The zero-order valence-electron chi connectivity index (χ0n) is 13.5. The van der Waals surface area contributed by atoms with Gasteiger partial charge in [0.15, 0.2) is 0 Å². The third-order valence-electron chi connectivity index (χ3n) is 4.07. The summed E-state index contributed by atoms with van der Waals surface area (Å²) >= 11 is 1.73. The molecular weight excluding hydrogens is 304 g/mol. The van der Waals surface area contributed by atoms with Gasteiger partial charge in [-0.05, 0) is 25.5 Å². The molecule has 0 saturated heterocycles. The minimum Gasteiger partial charge on any atom is -0.306 e. The van der Waals surface area contributed by atoms with Crippen LogP contribution in [0.1, 0.15) is 36.2 Å². The molecule has 0 fully saturated rings. The number of benzene rings is 1. The summed E-state index contributed by atoms with van der Waals surface area (Å²) in [4.78, 5) is 4.73. The van der Waals surface area contributed by atoms with Gasteiger partial charge in [-0.1, -0.05) is 30.3 Å². The largest absolute Gasteiger partial charge is 0.306 e. The van der Waals surface area contributed by atoms with E-state index < -0.39 is 0 Å². The zero-order valence-corrected chi connectivity index (χ0v) is 14.3. The van der Waals surface area contributed by atoms with Crippen LogP contribution in [0.3, 0.4) is 0 Å². The molecule has 2 heterocycles.